The van der Waals surface area contributed by atoms with E-state index >= 15 is 4.39 Å². The molecule has 1 saturated heterocycles. The van der Waals surface area contributed by atoms with Crippen molar-refractivity contribution in [3.8, 4) is 5.75 Å². The summed E-state index contributed by atoms with van der Waals surface area (Å²) in [6.45, 7) is 2.59. The number of nitrogens with zero attached hydrogens (tertiary/aromatic N) is 1. The fraction of sp³-hybridized carbons (Fsp3) is 0.286. The zero-order valence-electron chi connectivity index (χ0n) is 26.4. The standard InChI is InChI=1S/C35H36F4N4O4S/c1-22-20-40-21-28(43(22)48(45,46)30-13-11-29(47-2)12-14-30)10-15-31-32(39)4-3-5-33(31)42-34(16-23-6-8-24(36)9-7-23)35(44)41-27-18-25(37)17-26(38)19-27/h3-9,11-14,17-19,22,28,34,40,42H,10,15-16,20-21H2,1-2H3,(H,41,44)/t22-,28+,34+/m1/s1. The Morgan fingerprint density at radius 3 is 2.29 bits per heavy atom. The molecule has 1 fully saturated rings. The van der Waals surface area contributed by atoms with Crippen LogP contribution in [0.25, 0.3) is 0 Å². The number of carbonyl (C=O) groups is 1. The summed E-state index contributed by atoms with van der Waals surface area (Å²) in [6, 6.07) is 16.6. The predicted octanol–water partition coefficient (Wildman–Crippen LogP) is 5.90. The maximum absolute atomic E-state index is 15.5. The molecule has 1 heterocycles. The molecule has 4 aromatic carbocycles. The first-order valence-electron chi connectivity index (χ1n) is 15.4. The van der Waals surface area contributed by atoms with Gasteiger partial charge in [0.15, 0.2) is 0 Å². The second-order valence-corrected chi connectivity index (χ2v) is 13.5. The number of sulfonamides is 1. The Hall–Kier alpha value is -4.46. The molecule has 0 unspecified atom stereocenters. The van der Waals surface area contributed by atoms with Gasteiger partial charge in [-0.1, -0.05) is 18.2 Å². The fourth-order valence-electron chi connectivity index (χ4n) is 5.90. The Kier molecular flexibility index (Phi) is 11.0. The lowest BCUT2D eigenvalue weighted by Crippen LogP contribution is -2.58. The quantitative estimate of drug-likeness (QED) is 0.161. The number of hydrogen-bond donors (Lipinski definition) is 3. The molecule has 13 heteroatoms. The Balaban J connectivity index is 1.40. The van der Waals surface area contributed by atoms with E-state index in [4.69, 9.17) is 4.74 Å². The van der Waals surface area contributed by atoms with Crippen LogP contribution in [0.2, 0.25) is 0 Å². The molecular formula is C35H36F4N4O4S. The summed E-state index contributed by atoms with van der Waals surface area (Å²) in [5.41, 5.74) is 0.976. The number of methoxy groups -OCH3 is 1. The minimum absolute atomic E-state index is 0.0256. The lowest BCUT2D eigenvalue weighted by atomic mass is 9.99. The molecule has 0 bridgehead atoms. The molecule has 1 amide bonds. The average molecular weight is 685 g/mol. The van der Waals surface area contributed by atoms with E-state index in [-0.39, 0.29) is 47.1 Å². The van der Waals surface area contributed by atoms with Crippen molar-refractivity contribution in [3.05, 3.63) is 119 Å². The molecule has 1 aliphatic rings. The average Bonchev–Trinajstić information content (AvgIpc) is 3.04. The summed E-state index contributed by atoms with van der Waals surface area (Å²) in [6.07, 6.45) is 0.389. The molecule has 0 aliphatic carbocycles. The van der Waals surface area contributed by atoms with E-state index in [1.54, 1.807) is 25.1 Å². The molecule has 8 nitrogen and oxygen atoms in total. The summed E-state index contributed by atoms with van der Waals surface area (Å²) in [5.74, 6) is -2.93. The number of rotatable bonds is 12. The van der Waals surface area contributed by atoms with Crippen molar-refractivity contribution in [1.29, 1.82) is 0 Å². The van der Waals surface area contributed by atoms with E-state index in [2.05, 4.69) is 16.0 Å². The molecule has 48 heavy (non-hydrogen) atoms. The molecule has 254 valence electrons. The third-order valence-electron chi connectivity index (χ3n) is 8.22. The Morgan fingerprint density at radius 1 is 0.938 bits per heavy atom. The van der Waals surface area contributed by atoms with Crippen LogP contribution in [0, 0.1) is 23.3 Å². The summed E-state index contributed by atoms with van der Waals surface area (Å²) in [5, 5.41) is 8.85. The van der Waals surface area contributed by atoms with Crippen LogP contribution >= 0.6 is 0 Å². The minimum Gasteiger partial charge on any atom is -0.497 e. The maximum Gasteiger partial charge on any atom is 0.247 e. The van der Waals surface area contributed by atoms with Crippen LogP contribution in [0.4, 0.5) is 28.9 Å². The highest BCUT2D eigenvalue weighted by Gasteiger charge is 2.38. The van der Waals surface area contributed by atoms with Crippen molar-refractivity contribution in [1.82, 2.24) is 9.62 Å². The summed E-state index contributed by atoms with van der Waals surface area (Å²) in [7, 11) is -2.43. The third kappa shape index (κ3) is 8.33. The van der Waals surface area contributed by atoms with Gasteiger partial charge in [-0.3, -0.25) is 4.79 Å². The van der Waals surface area contributed by atoms with Gasteiger partial charge >= 0.3 is 0 Å². The van der Waals surface area contributed by atoms with E-state index in [0.29, 0.717) is 30.5 Å². The number of halogens is 4. The summed E-state index contributed by atoms with van der Waals surface area (Å²) in [4.78, 5) is 13.6. The van der Waals surface area contributed by atoms with Crippen molar-refractivity contribution in [2.45, 2.75) is 49.2 Å². The zero-order chi connectivity index (χ0) is 34.4. The topological polar surface area (TPSA) is 99.8 Å². The minimum atomic E-state index is -3.92. The number of amides is 1. The van der Waals surface area contributed by atoms with Crippen molar-refractivity contribution in [3.63, 3.8) is 0 Å². The second kappa shape index (κ2) is 15.2. The zero-order valence-corrected chi connectivity index (χ0v) is 27.2. The van der Waals surface area contributed by atoms with Crippen molar-refractivity contribution < 1.29 is 35.5 Å². The normalized spacial score (nSPS) is 17.5. The molecule has 0 saturated carbocycles. The summed E-state index contributed by atoms with van der Waals surface area (Å²) >= 11 is 0. The van der Waals surface area contributed by atoms with Gasteiger partial charge in [-0.05, 0) is 86.0 Å². The van der Waals surface area contributed by atoms with Gasteiger partial charge in [0, 0.05) is 54.6 Å². The van der Waals surface area contributed by atoms with E-state index in [1.807, 2.05) is 0 Å². The van der Waals surface area contributed by atoms with Gasteiger partial charge < -0.3 is 20.7 Å². The smallest absolute Gasteiger partial charge is 0.247 e. The first kappa shape index (κ1) is 34.9. The van der Waals surface area contributed by atoms with Gasteiger partial charge in [0.05, 0.1) is 12.0 Å². The molecule has 3 atom stereocenters. The Labute approximate surface area is 277 Å². The number of ether oxygens (including phenoxy) is 1. The molecule has 3 N–H and O–H groups in total. The van der Waals surface area contributed by atoms with Crippen LogP contribution in [0.1, 0.15) is 24.5 Å². The fourth-order valence-corrected chi connectivity index (χ4v) is 7.74. The van der Waals surface area contributed by atoms with E-state index in [0.717, 1.165) is 12.1 Å². The number of anilines is 2. The molecule has 0 aromatic heterocycles. The number of piperazine rings is 1. The van der Waals surface area contributed by atoms with Gasteiger partial charge in [0.25, 0.3) is 0 Å². The Bertz CT molecular complexity index is 1820. The van der Waals surface area contributed by atoms with Crippen LogP contribution in [0.15, 0.2) is 89.8 Å². The monoisotopic (exact) mass is 684 g/mol. The largest absolute Gasteiger partial charge is 0.497 e. The number of hydrogen-bond acceptors (Lipinski definition) is 6. The van der Waals surface area contributed by atoms with Crippen molar-refractivity contribution in [2.24, 2.45) is 0 Å². The third-order valence-corrected chi connectivity index (χ3v) is 10.3. The van der Waals surface area contributed by atoms with E-state index in [9.17, 15) is 26.4 Å². The SMILES string of the molecule is COc1ccc(S(=O)(=O)N2[C@@H](CCc3c(F)cccc3N[C@@H](Cc3ccc(F)cc3)C(=O)Nc3cc(F)cc(F)c3)CNC[C@H]2C)cc1. The van der Waals surface area contributed by atoms with Gasteiger partial charge in [-0.2, -0.15) is 4.31 Å². The molecule has 1 aliphatic heterocycles. The van der Waals surface area contributed by atoms with Crippen LogP contribution in [-0.2, 0) is 27.7 Å². The lowest BCUT2D eigenvalue weighted by molar-refractivity contribution is -0.116. The highest BCUT2D eigenvalue weighted by atomic mass is 32.2. The lowest BCUT2D eigenvalue weighted by Gasteiger charge is -2.40. The first-order valence-corrected chi connectivity index (χ1v) is 16.8. The maximum atomic E-state index is 15.5. The number of carbonyl (C=O) groups excluding carboxylic acids is 1. The highest BCUT2D eigenvalue weighted by molar-refractivity contribution is 7.89. The van der Waals surface area contributed by atoms with Crippen molar-refractivity contribution >= 4 is 27.3 Å². The van der Waals surface area contributed by atoms with Crippen molar-refractivity contribution in [2.75, 3.05) is 30.8 Å². The number of nitrogens with one attached hydrogen (secondary N) is 3. The van der Waals surface area contributed by atoms with E-state index < -0.39 is 51.3 Å². The van der Waals surface area contributed by atoms with E-state index in [1.165, 1.54) is 59.9 Å². The van der Waals surface area contributed by atoms with Gasteiger partial charge in [0.2, 0.25) is 15.9 Å². The molecule has 5 rings (SSSR count). The van der Waals surface area contributed by atoms with Gasteiger partial charge in [0.1, 0.15) is 35.1 Å². The predicted molar refractivity (Wildman–Crippen MR) is 175 cm³/mol. The van der Waals surface area contributed by atoms with Crippen LogP contribution in [0.3, 0.4) is 0 Å². The van der Waals surface area contributed by atoms with Gasteiger partial charge in [-0.15, -0.1) is 0 Å². The molecule has 0 radical (unpaired) electrons. The van der Waals surface area contributed by atoms with Crippen LogP contribution in [-0.4, -0.2) is 57.0 Å². The summed E-state index contributed by atoms with van der Waals surface area (Å²) < 4.78 is 91.1. The molecule has 4 aromatic rings. The Morgan fingerprint density at radius 2 is 1.62 bits per heavy atom. The van der Waals surface area contributed by atoms with Crippen LogP contribution < -0.4 is 20.7 Å². The molecular weight excluding hydrogens is 648 g/mol. The molecule has 0 spiro atoms. The number of benzene rings is 4. The highest BCUT2D eigenvalue weighted by Crippen LogP contribution is 2.29. The first-order chi connectivity index (χ1) is 22.9. The van der Waals surface area contributed by atoms with Crippen LogP contribution in [0.5, 0.6) is 5.75 Å². The van der Waals surface area contributed by atoms with Gasteiger partial charge in [-0.25, -0.2) is 26.0 Å². The second-order valence-electron chi connectivity index (χ2n) is 11.7.